The molecular weight excluding hydrogens is 184 g/mol. The topological polar surface area (TPSA) is 46.2 Å². The second kappa shape index (κ2) is 60.5. The van der Waals surface area contributed by atoms with Gasteiger partial charge in [-0.2, -0.15) is 0 Å². The van der Waals surface area contributed by atoms with E-state index in [1.807, 2.05) is 0 Å². The van der Waals surface area contributed by atoms with E-state index in [1.54, 1.807) is 0 Å². The maximum atomic E-state index is 7.35. The standard InChI is InChI=1S/CH5NO.4ClH/c2-1-3;;;;/h3H,1-2H2;4*1H. The molecule has 0 radical (unpaired) electrons. The van der Waals surface area contributed by atoms with Crippen LogP contribution in [0.2, 0.25) is 0 Å². The summed E-state index contributed by atoms with van der Waals surface area (Å²) in [6.07, 6.45) is 0. The van der Waals surface area contributed by atoms with Crippen molar-refractivity contribution < 1.29 is 5.11 Å². The van der Waals surface area contributed by atoms with Crippen molar-refractivity contribution >= 4 is 49.6 Å². The molecule has 52 valence electrons. The van der Waals surface area contributed by atoms with Crippen molar-refractivity contribution in [3.8, 4) is 0 Å². The van der Waals surface area contributed by atoms with Crippen LogP contribution in [0.4, 0.5) is 0 Å². The number of halogens is 4. The molecule has 6 heteroatoms. The predicted molar refractivity (Wildman–Crippen MR) is 40.3 cm³/mol. The second-order valence-electron chi connectivity index (χ2n) is 0.183. The third-order valence-corrected chi connectivity index (χ3v) is 0. The van der Waals surface area contributed by atoms with Gasteiger partial charge in [-0.05, 0) is 0 Å². The van der Waals surface area contributed by atoms with Crippen LogP contribution in [0.25, 0.3) is 0 Å². The van der Waals surface area contributed by atoms with E-state index in [4.69, 9.17) is 5.11 Å². The van der Waals surface area contributed by atoms with Gasteiger partial charge in [-0.25, -0.2) is 0 Å². The third-order valence-electron chi connectivity index (χ3n) is 0. The summed E-state index contributed by atoms with van der Waals surface area (Å²) in [5.41, 5.74) is 4.40. The van der Waals surface area contributed by atoms with E-state index in [1.165, 1.54) is 0 Å². The Labute approximate surface area is 67.5 Å². The Kier molecular flexibility index (Phi) is 369. The smallest absolute Gasteiger partial charge is 0.0906 e. The molecular formula is CH9Cl4NO. The minimum Gasteiger partial charge on any atom is -0.382 e. The summed E-state index contributed by atoms with van der Waals surface area (Å²) in [7, 11) is 0. The first kappa shape index (κ1) is 42.7. The van der Waals surface area contributed by atoms with Gasteiger partial charge < -0.3 is 10.8 Å². The molecule has 0 fully saturated rings. The van der Waals surface area contributed by atoms with E-state index in [0.717, 1.165) is 0 Å². The van der Waals surface area contributed by atoms with Gasteiger partial charge >= 0.3 is 0 Å². The van der Waals surface area contributed by atoms with Crippen LogP contribution in [0.15, 0.2) is 0 Å². The molecule has 3 N–H and O–H groups in total. The van der Waals surface area contributed by atoms with E-state index in [0.29, 0.717) is 0 Å². The minimum atomic E-state index is -0.250. The number of aliphatic hydroxyl groups is 1. The Morgan fingerprint density at radius 2 is 1.00 bits per heavy atom. The summed E-state index contributed by atoms with van der Waals surface area (Å²) in [5, 5.41) is 7.35. The van der Waals surface area contributed by atoms with Crippen LogP contribution < -0.4 is 5.73 Å². The average molecular weight is 193 g/mol. The van der Waals surface area contributed by atoms with Gasteiger partial charge in [0.1, 0.15) is 0 Å². The van der Waals surface area contributed by atoms with Crippen LogP contribution >= 0.6 is 49.6 Å². The first-order valence-corrected chi connectivity index (χ1v) is 0.724. The van der Waals surface area contributed by atoms with Crippen molar-refractivity contribution in [1.82, 2.24) is 0 Å². The van der Waals surface area contributed by atoms with E-state index >= 15 is 0 Å². The summed E-state index contributed by atoms with van der Waals surface area (Å²) in [6.45, 7) is -0.250. The molecule has 0 unspecified atom stereocenters. The summed E-state index contributed by atoms with van der Waals surface area (Å²) in [4.78, 5) is 0. The second-order valence-corrected chi connectivity index (χ2v) is 0.183. The molecule has 0 aromatic rings. The Balaban J connectivity index is -0.00000000333. The number of rotatable bonds is 0. The molecule has 0 aliphatic rings. The molecule has 0 aromatic carbocycles. The number of hydrogen-bond donors (Lipinski definition) is 2. The molecule has 0 aliphatic heterocycles. The van der Waals surface area contributed by atoms with Crippen LogP contribution in [0.3, 0.4) is 0 Å². The van der Waals surface area contributed by atoms with Crippen LogP contribution in [0.5, 0.6) is 0 Å². The monoisotopic (exact) mass is 191 g/mol. The summed E-state index contributed by atoms with van der Waals surface area (Å²) in [5.74, 6) is 0. The molecule has 0 rings (SSSR count). The zero-order valence-electron chi connectivity index (χ0n) is 3.36. The highest BCUT2D eigenvalue weighted by atomic mass is 35.5. The van der Waals surface area contributed by atoms with Gasteiger partial charge in [-0.3, -0.25) is 0 Å². The molecule has 2 nitrogen and oxygen atoms in total. The van der Waals surface area contributed by atoms with Crippen molar-refractivity contribution in [1.29, 1.82) is 0 Å². The quantitative estimate of drug-likeness (QED) is 0.552. The van der Waals surface area contributed by atoms with Gasteiger partial charge in [-0.15, -0.1) is 49.6 Å². The molecule has 7 heavy (non-hydrogen) atoms. The minimum absolute atomic E-state index is 0. The maximum Gasteiger partial charge on any atom is 0.0906 e. The largest absolute Gasteiger partial charge is 0.382 e. The fourth-order valence-electron chi connectivity index (χ4n) is 0. The van der Waals surface area contributed by atoms with Crippen molar-refractivity contribution in [2.75, 3.05) is 6.73 Å². The zero-order valence-corrected chi connectivity index (χ0v) is 6.63. The molecule has 0 saturated heterocycles. The Morgan fingerprint density at radius 3 is 1.00 bits per heavy atom. The van der Waals surface area contributed by atoms with Gasteiger partial charge in [-0.1, -0.05) is 0 Å². The maximum absolute atomic E-state index is 7.35. The molecule has 0 heterocycles. The highest BCUT2D eigenvalue weighted by molar-refractivity contribution is 5.86. The molecule has 0 aromatic heterocycles. The lowest BCUT2D eigenvalue weighted by Gasteiger charge is -1.56. The van der Waals surface area contributed by atoms with Gasteiger partial charge in [0.25, 0.3) is 0 Å². The molecule has 0 atom stereocenters. The summed E-state index contributed by atoms with van der Waals surface area (Å²) >= 11 is 0. The fraction of sp³-hybridized carbons (Fsp3) is 1.00. The summed E-state index contributed by atoms with van der Waals surface area (Å²) in [6, 6.07) is 0. The normalized spacial score (nSPS) is 2.57. The fourth-order valence-corrected chi connectivity index (χ4v) is 0. The average Bonchev–Trinajstić information content (AvgIpc) is 0.918. The highest BCUT2D eigenvalue weighted by Crippen LogP contribution is 1.04. The van der Waals surface area contributed by atoms with Crippen LogP contribution in [-0.2, 0) is 0 Å². The lowest BCUT2D eigenvalue weighted by molar-refractivity contribution is 0.307. The van der Waals surface area contributed by atoms with Gasteiger partial charge in [0.05, 0.1) is 6.73 Å². The molecule has 0 amide bonds. The Bertz CT molecular complexity index is 11.7. The van der Waals surface area contributed by atoms with Gasteiger partial charge in [0.15, 0.2) is 0 Å². The molecule has 0 saturated carbocycles. The molecule has 0 aliphatic carbocycles. The van der Waals surface area contributed by atoms with E-state index in [9.17, 15) is 0 Å². The molecule has 0 bridgehead atoms. The predicted octanol–water partition coefficient (Wildman–Crippen LogP) is 0.582. The SMILES string of the molecule is Cl.Cl.Cl.Cl.NCO. The van der Waals surface area contributed by atoms with Gasteiger partial charge in [0.2, 0.25) is 0 Å². The third kappa shape index (κ3) is 157. The summed E-state index contributed by atoms with van der Waals surface area (Å²) < 4.78 is 0. The Hall–Kier alpha value is 1.08. The van der Waals surface area contributed by atoms with Crippen molar-refractivity contribution in [3.63, 3.8) is 0 Å². The Morgan fingerprint density at radius 1 is 1.00 bits per heavy atom. The van der Waals surface area contributed by atoms with E-state index < -0.39 is 0 Å². The van der Waals surface area contributed by atoms with Crippen molar-refractivity contribution in [2.45, 2.75) is 0 Å². The van der Waals surface area contributed by atoms with E-state index in [-0.39, 0.29) is 56.4 Å². The van der Waals surface area contributed by atoms with Crippen LogP contribution in [-0.4, -0.2) is 11.8 Å². The zero-order chi connectivity index (χ0) is 2.71. The van der Waals surface area contributed by atoms with Gasteiger partial charge in [0, 0.05) is 0 Å². The first-order valence-electron chi connectivity index (χ1n) is 0.724. The van der Waals surface area contributed by atoms with Crippen molar-refractivity contribution in [3.05, 3.63) is 0 Å². The molecule has 0 spiro atoms. The highest BCUT2D eigenvalue weighted by Gasteiger charge is 1.30. The number of nitrogens with two attached hydrogens (primary N) is 1. The lowest BCUT2D eigenvalue weighted by atomic mass is 11.4. The van der Waals surface area contributed by atoms with Crippen LogP contribution in [0.1, 0.15) is 0 Å². The van der Waals surface area contributed by atoms with E-state index in [2.05, 4.69) is 5.73 Å². The number of hydrogen-bond acceptors (Lipinski definition) is 2. The van der Waals surface area contributed by atoms with Crippen LogP contribution in [0, 0.1) is 0 Å². The van der Waals surface area contributed by atoms with Crippen molar-refractivity contribution in [2.24, 2.45) is 5.73 Å². The first-order chi connectivity index (χ1) is 1.41. The lowest BCUT2D eigenvalue weighted by Crippen LogP contribution is -1.92. The number of aliphatic hydroxyl groups excluding tert-OH is 1.